The maximum Gasteiger partial charge on any atom is 0.230 e. The summed E-state index contributed by atoms with van der Waals surface area (Å²) in [5.41, 5.74) is 1.60. The Bertz CT molecular complexity index is 979. The van der Waals surface area contributed by atoms with Crippen molar-refractivity contribution in [3.05, 3.63) is 48.0 Å². The van der Waals surface area contributed by atoms with E-state index in [0.29, 0.717) is 34.6 Å². The van der Waals surface area contributed by atoms with Crippen LogP contribution in [0.4, 0.5) is 0 Å². The predicted octanol–water partition coefficient (Wildman–Crippen LogP) is 2.10. The van der Waals surface area contributed by atoms with Gasteiger partial charge in [0.2, 0.25) is 11.1 Å². The van der Waals surface area contributed by atoms with E-state index >= 15 is 0 Å². The molecule has 3 rings (SSSR count). The Morgan fingerprint density at radius 2 is 1.79 bits per heavy atom. The van der Waals surface area contributed by atoms with Gasteiger partial charge in [-0.3, -0.25) is 4.79 Å². The number of carbonyl (C=O) groups excluding carboxylic acids is 1. The number of amides is 1. The molecule has 0 saturated heterocycles. The number of tetrazole rings is 1. The van der Waals surface area contributed by atoms with Crippen LogP contribution in [-0.2, 0) is 11.3 Å². The number of methoxy groups -OCH3 is 3. The second-order valence-electron chi connectivity index (χ2n) is 5.80. The number of carbonyl (C=O) groups is 1. The van der Waals surface area contributed by atoms with Gasteiger partial charge in [0.05, 0.1) is 27.1 Å². The van der Waals surface area contributed by atoms with Crippen molar-refractivity contribution in [2.45, 2.75) is 11.7 Å². The molecular weight excluding hydrogens is 394 g/mol. The van der Waals surface area contributed by atoms with Crippen LogP contribution in [0, 0.1) is 0 Å². The molecule has 0 aliphatic rings. The number of nitrogens with one attached hydrogen (secondary N) is 1. The highest BCUT2D eigenvalue weighted by atomic mass is 32.2. The first-order chi connectivity index (χ1) is 14.2. The third-order valence-electron chi connectivity index (χ3n) is 4.02. The Morgan fingerprint density at radius 3 is 2.55 bits per heavy atom. The minimum atomic E-state index is -0.139. The van der Waals surface area contributed by atoms with Crippen molar-refractivity contribution < 1.29 is 19.0 Å². The van der Waals surface area contributed by atoms with E-state index in [1.807, 2.05) is 36.4 Å². The van der Waals surface area contributed by atoms with Crippen molar-refractivity contribution in [1.29, 1.82) is 0 Å². The summed E-state index contributed by atoms with van der Waals surface area (Å²) < 4.78 is 17.4. The lowest BCUT2D eigenvalue weighted by molar-refractivity contribution is -0.118. The summed E-state index contributed by atoms with van der Waals surface area (Å²) in [7, 11) is 4.73. The van der Waals surface area contributed by atoms with Gasteiger partial charge in [0.25, 0.3) is 0 Å². The van der Waals surface area contributed by atoms with E-state index in [9.17, 15) is 4.79 Å². The summed E-state index contributed by atoms with van der Waals surface area (Å²) in [6.45, 7) is 0.372. The van der Waals surface area contributed by atoms with Crippen molar-refractivity contribution in [2.24, 2.45) is 0 Å². The molecule has 0 radical (unpaired) electrons. The zero-order valence-electron chi connectivity index (χ0n) is 16.3. The van der Waals surface area contributed by atoms with Crippen molar-refractivity contribution >= 4 is 17.7 Å². The van der Waals surface area contributed by atoms with E-state index in [-0.39, 0.29) is 11.7 Å². The second kappa shape index (κ2) is 9.78. The highest BCUT2D eigenvalue weighted by molar-refractivity contribution is 7.99. The number of nitrogens with zero attached hydrogens (tertiary/aromatic N) is 4. The minimum Gasteiger partial charge on any atom is -0.494 e. The molecule has 0 fully saturated rings. The van der Waals surface area contributed by atoms with Crippen molar-refractivity contribution in [3.63, 3.8) is 0 Å². The topological polar surface area (TPSA) is 100 Å². The van der Waals surface area contributed by atoms with Gasteiger partial charge in [-0.1, -0.05) is 30.0 Å². The quantitative estimate of drug-likeness (QED) is 0.530. The Kier molecular flexibility index (Phi) is 6.90. The fourth-order valence-electron chi connectivity index (χ4n) is 2.60. The molecule has 0 spiro atoms. The summed E-state index contributed by atoms with van der Waals surface area (Å²) in [4.78, 5) is 12.3. The van der Waals surface area contributed by atoms with Crippen molar-refractivity contribution in [2.75, 3.05) is 27.1 Å². The minimum absolute atomic E-state index is 0.139. The van der Waals surface area contributed by atoms with Crippen molar-refractivity contribution in [1.82, 2.24) is 25.5 Å². The molecule has 29 heavy (non-hydrogen) atoms. The monoisotopic (exact) mass is 415 g/mol. The first-order valence-corrected chi connectivity index (χ1v) is 9.67. The molecule has 10 heteroatoms. The molecule has 0 unspecified atom stereocenters. The van der Waals surface area contributed by atoms with Gasteiger partial charge in [-0.2, -0.15) is 4.68 Å². The lowest BCUT2D eigenvalue weighted by Gasteiger charge is -2.10. The first kappa shape index (κ1) is 20.5. The largest absolute Gasteiger partial charge is 0.494 e. The molecule has 0 aliphatic carbocycles. The van der Waals surface area contributed by atoms with Gasteiger partial charge in [0, 0.05) is 6.54 Å². The molecule has 0 aliphatic heterocycles. The number of para-hydroxylation sites is 2. The molecule has 2 aromatic carbocycles. The van der Waals surface area contributed by atoms with Crippen molar-refractivity contribution in [3.8, 4) is 22.9 Å². The molecule has 152 valence electrons. The molecule has 1 amide bonds. The third kappa shape index (κ3) is 4.96. The Hall–Kier alpha value is -3.27. The maximum absolute atomic E-state index is 12.3. The van der Waals surface area contributed by atoms with Gasteiger partial charge in [0.15, 0.2) is 11.5 Å². The molecule has 3 aromatic rings. The lowest BCUT2D eigenvalue weighted by atomic mass is 10.2. The summed E-state index contributed by atoms with van der Waals surface area (Å²) >= 11 is 1.24. The third-order valence-corrected chi connectivity index (χ3v) is 4.94. The molecule has 9 nitrogen and oxygen atoms in total. The number of ether oxygens (including phenoxy) is 3. The average molecular weight is 415 g/mol. The number of aromatic nitrogens is 4. The number of hydrogen-bond acceptors (Lipinski definition) is 8. The van der Waals surface area contributed by atoms with Crippen LogP contribution in [0.15, 0.2) is 47.6 Å². The Balaban J connectivity index is 1.59. The molecule has 1 aromatic heterocycles. The summed E-state index contributed by atoms with van der Waals surface area (Å²) in [5, 5.41) is 15.1. The van der Waals surface area contributed by atoms with Crippen LogP contribution in [0.3, 0.4) is 0 Å². The number of rotatable bonds is 9. The van der Waals surface area contributed by atoms with E-state index in [1.54, 1.807) is 32.1 Å². The average Bonchev–Trinajstić information content (AvgIpc) is 3.24. The Labute approximate surface area is 172 Å². The first-order valence-electron chi connectivity index (χ1n) is 8.68. The number of thioether (sulfide) groups is 1. The standard InChI is InChI=1S/C19H21N5O4S/c1-26-15-7-5-4-6-14(15)24-19(21-22-23-24)29-12-18(25)20-11-13-8-9-16(27-2)17(10-13)28-3/h4-10H,11-12H2,1-3H3,(H,20,25). The van der Waals surface area contributed by atoms with Gasteiger partial charge in [-0.05, 0) is 40.3 Å². The van der Waals surface area contributed by atoms with Crippen LogP contribution in [0.25, 0.3) is 5.69 Å². The number of hydrogen-bond donors (Lipinski definition) is 1. The van der Waals surface area contributed by atoms with Crippen LogP contribution in [0.1, 0.15) is 5.56 Å². The van der Waals surface area contributed by atoms with E-state index in [4.69, 9.17) is 14.2 Å². The van der Waals surface area contributed by atoms with Gasteiger partial charge < -0.3 is 19.5 Å². The normalized spacial score (nSPS) is 10.4. The Morgan fingerprint density at radius 1 is 1.03 bits per heavy atom. The summed E-state index contributed by atoms with van der Waals surface area (Å²) in [6.07, 6.45) is 0. The smallest absolute Gasteiger partial charge is 0.230 e. The van der Waals surface area contributed by atoms with Gasteiger partial charge in [0.1, 0.15) is 11.4 Å². The zero-order valence-corrected chi connectivity index (χ0v) is 17.1. The highest BCUT2D eigenvalue weighted by Gasteiger charge is 2.14. The maximum atomic E-state index is 12.3. The van der Waals surface area contributed by atoms with E-state index < -0.39 is 0 Å². The van der Waals surface area contributed by atoms with Crippen LogP contribution in [0.5, 0.6) is 17.2 Å². The molecule has 0 atom stereocenters. The van der Waals surface area contributed by atoms with E-state index in [0.717, 1.165) is 5.56 Å². The molecule has 0 bridgehead atoms. The lowest BCUT2D eigenvalue weighted by Crippen LogP contribution is -2.24. The fraction of sp³-hybridized carbons (Fsp3) is 0.263. The second-order valence-corrected chi connectivity index (χ2v) is 6.74. The van der Waals surface area contributed by atoms with Gasteiger partial charge in [-0.25, -0.2) is 0 Å². The molecular formula is C19H21N5O4S. The summed E-state index contributed by atoms with van der Waals surface area (Å²) in [6, 6.07) is 12.9. The van der Waals surface area contributed by atoms with Crippen LogP contribution >= 0.6 is 11.8 Å². The molecule has 1 N–H and O–H groups in total. The van der Waals surface area contributed by atoms with E-state index in [1.165, 1.54) is 11.8 Å². The van der Waals surface area contributed by atoms with Gasteiger partial charge >= 0.3 is 0 Å². The van der Waals surface area contributed by atoms with Gasteiger partial charge in [-0.15, -0.1) is 5.10 Å². The fourth-order valence-corrected chi connectivity index (χ4v) is 3.31. The molecule has 1 heterocycles. The highest BCUT2D eigenvalue weighted by Crippen LogP contribution is 2.28. The van der Waals surface area contributed by atoms with E-state index in [2.05, 4.69) is 20.8 Å². The number of benzene rings is 2. The predicted molar refractivity (Wildman–Crippen MR) is 108 cm³/mol. The van der Waals surface area contributed by atoms with Crippen LogP contribution < -0.4 is 19.5 Å². The van der Waals surface area contributed by atoms with Crippen LogP contribution in [-0.4, -0.2) is 53.2 Å². The SMILES string of the molecule is COc1ccc(CNC(=O)CSc2nnnn2-c2ccccc2OC)cc1OC. The summed E-state index contributed by atoms with van der Waals surface area (Å²) in [5.74, 6) is 1.92. The zero-order chi connectivity index (χ0) is 20.6. The van der Waals surface area contributed by atoms with Crippen LogP contribution in [0.2, 0.25) is 0 Å². The molecule has 0 saturated carbocycles.